The number of hydrogen-bond donors (Lipinski definition) is 0. The summed E-state index contributed by atoms with van der Waals surface area (Å²) in [6, 6.07) is 53.8. The highest BCUT2D eigenvalue weighted by Crippen LogP contribution is 2.34. The minimum Gasteiger partial charge on any atom is -0.494 e. The number of hydrogen-bond acceptors (Lipinski definition) is 5. The van der Waals surface area contributed by atoms with Gasteiger partial charge in [-0.3, -0.25) is 0 Å². The molecule has 0 radical (unpaired) electrons. The quantitative estimate of drug-likeness (QED) is 0.0724. The predicted octanol–water partition coefficient (Wildman–Crippen LogP) is 11.3. The largest absolute Gasteiger partial charge is 0.494 e. The molecule has 0 saturated carbocycles. The Hall–Kier alpha value is -6.07. The summed E-state index contributed by atoms with van der Waals surface area (Å²) in [4.78, 5) is 2.26. The van der Waals surface area contributed by atoms with E-state index in [0.717, 1.165) is 56.6 Å². The molecule has 0 aliphatic heterocycles. The Morgan fingerprint density at radius 2 is 0.812 bits per heavy atom. The third-order valence-corrected chi connectivity index (χ3v) is 7.69. The lowest BCUT2D eigenvalue weighted by Crippen LogP contribution is -2.09. The number of hydrazone groups is 1. The summed E-state index contributed by atoms with van der Waals surface area (Å²) >= 11 is 0. The van der Waals surface area contributed by atoms with Crippen LogP contribution in [0.5, 0.6) is 11.5 Å². The summed E-state index contributed by atoms with van der Waals surface area (Å²) in [6.07, 6.45) is 6.15. The van der Waals surface area contributed by atoms with Crippen LogP contribution in [0.4, 0.5) is 28.4 Å². The van der Waals surface area contributed by atoms with Gasteiger partial charge < -0.3 is 14.4 Å². The van der Waals surface area contributed by atoms with E-state index in [1.165, 1.54) is 0 Å². The van der Waals surface area contributed by atoms with E-state index in [2.05, 4.69) is 114 Å². The second kappa shape index (κ2) is 16.0. The lowest BCUT2D eigenvalue weighted by Gasteiger charge is -2.25. The van der Waals surface area contributed by atoms with E-state index in [-0.39, 0.29) is 0 Å². The van der Waals surface area contributed by atoms with Crippen LogP contribution in [0.3, 0.4) is 0 Å². The first kappa shape index (κ1) is 31.9. The molecule has 0 unspecified atom stereocenters. The minimum absolute atomic E-state index is 0.625. The molecule has 6 aromatic carbocycles. The van der Waals surface area contributed by atoms with Gasteiger partial charge in [0.05, 0.1) is 30.8 Å². The first-order valence-corrected chi connectivity index (χ1v) is 16.3. The Kier molecular flexibility index (Phi) is 10.6. The van der Waals surface area contributed by atoms with Gasteiger partial charge in [0.1, 0.15) is 11.5 Å². The maximum Gasteiger partial charge on any atom is 0.119 e. The van der Waals surface area contributed by atoms with Crippen molar-refractivity contribution in [2.75, 3.05) is 23.1 Å². The molecule has 0 aliphatic rings. The Morgan fingerprint density at radius 3 is 1.25 bits per heavy atom. The fraction of sp³-hybridized carbons (Fsp3) is 0.0930. The van der Waals surface area contributed by atoms with Crippen LogP contribution in [0.1, 0.15) is 30.5 Å². The van der Waals surface area contributed by atoms with Gasteiger partial charge in [0.25, 0.3) is 0 Å². The van der Waals surface area contributed by atoms with Crippen molar-refractivity contribution in [3.8, 4) is 11.5 Å². The van der Waals surface area contributed by atoms with E-state index in [1.54, 1.807) is 0 Å². The van der Waals surface area contributed by atoms with Crippen molar-refractivity contribution >= 4 is 46.8 Å². The maximum absolute atomic E-state index is 5.64. The van der Waals surface area contributed by atoms with Crippen LogP contribution < -0.4 is 19.4 Å². The molecule has 5 nitrogen and oxygen atoms in total. The highest BCUT2D eigenvalue weighted by atomic mass is 16.5. The zero-order valence-electron chi connectivity index (χ0n) is 27.3. The van der Waals surface area contributed by atoms with Crippen molar-refractivity contribution in [2.45, 2.75) is 13.8 Å². The SMILES string of the molecule is CCOc1ccc(N(/N=C/c2ccc(/C=C/c3ccc(N(c4ccccc4)c4ccccc4)cc3)cc2)c2ccc(OCC)cc2)cc1. The molecular formula is C43H39N3O2. The highest BCUT2D eigenvalue weighted by Gasteiger charge is 2.12. The summed E-state index contributed by atoms with van der Waals surface area (Å²) in [5, 5.41) is 6.80. The van der Waals surface area contributed by atoms with E-state index in [4.69, 9.17) is 14.6 Å². The Balaban J connectivity index is 1.16. The molecule has 0 bridgehead atoms. The third kappa shape index (κ3) is 8.20. The zero-order chi connectivity index (χ0) is 33.0. The summed E-state index contributed by atoms with van der Waals surface area (Å²) in [7, 11) is 0. The molecule has 5 heteroatoms. The van der Waals surface area contributed by atoms with Crippen molar-refractivity contribution in [3.05, 3.63) is 174 Å². The second-order valence-corrected chi connectivity index (χ2v) is 11.0. The highest BCUT2D eigenvalue weighted by molar-refractivity contribution is 5.83. The Bertz CT molecular complexity index is 1810. The van der Waals surface area contributed by atoms with Gasteiger partial charge in [-0.05, 0) is 115 Å². The number of anilines is 5. The van der Waals surface area contributed by atoms with Crippen molar-refractivity contribution in [3.63, 3.8) is 0 Å². The van der Waals surface area contributed by atoms with Crippen molar-refractivity contribution in [2.24, 2.45) is 5.10 Å². The third-order valence-electron chi connectivity index (χ3n) is 7.69. The smallest absolute Gasteiger partial charge is 0.119 e. The van der Waals surface area contributed by atoms with Gasteiger partial charge in [0.2, 0.25) is 0 Å². The zero-order valence-corrected chi connectivity index (χ0v) is 27.3. The molecule has 0 amide bonds. The monoisotopic (exact) mass is 629 g/mol. The number of benzene rings is 6. The molecule has 0 aromatic heterocycles. The van der Waals surface area contributed by atoms with Gasteiger partial charge >= 0.3 is 0 Å². The molecule has 0 N–H and O–H groups in total. The maximum atomic E-state index is 5.64. The fourth-order valence-electron chi connectivity index (χ4n) is 5.33. The molecule has 48 heavy (non-hydrogen) atoms. The van der Waals surface area contributed by atoms with E-state index in [0.29, 0.717) is 13.2 Å². The van der Waals surface area contributed by atoms with Crippen LogP contribution in [0, 0.1) is 0 Å². The van der Waals surface area contributed by atoms with Gasteiger partial charge in [-0.15, -0.1) is 0 Å². The predicted molar refractivity (Wildman–Crippen MR) is 201 cm³/mol. The van der Waals surface area contributed by atoms with Crippen molar-refractivity contribution < 1.29 is 9.47 Å². The summed E-state index contributed by atoms with van der Waals surface area (Å²) in [5.41, 5.74) is 8.46. The molecule has 0 fully saturated rings. The molecule has 0 atom stereocenters. The van der Waals surface area contributed by atoms with Crippen molar-refractivity contribution in [1.82, 2.24) is 0 Å². The van der Waals surface area contributed by atoms with Gasteiger partial charge in [-0.1, -0.05) is 84.9 Å². The van der Waals surface area contributed by atoms with Gasteiger partial charge in [-0.2, -0.15) is 5.10 Å². The lowest BCUT2D eigenvalue weighted by molar-refractivity contribution is 0.340. The van der Waals surface area contributed by atoms with Crippen LogP contribution in [0.2, 0.25) is 0 Å². The average Bonchev–Trinajstić information content (AvgIpc) is 3.14. The summed E-state index contributed by atoms with van der Waals surface area (Å²) in [6.45, 7) is 5.21. The Labute approximate surface area is 283 Å². The normalized spacial score (nSPS) is 11.1. The van der Waals surface area contributed by atoms with Crippen LogP contribution in [-0.2, 0) is 0 Å². The van der Waals surface area contributed by atoms with E-state index >= 15 is 0 Å². The fourth-order valence-corrected chi connectivity index (χ4v) is 5.33. The number of para-hydroxylation sites is 2. The molecule has 0 saturated heterocycles. The summed E-state index contributed by atoms with van der Waals surface area (Å²) in [5.74, 6) is 1.66. The van der Waals surface area contributed by atoms with E-state index in [1.807, 2.05) is 85.7 Å². The topological polar surface area (TPSA) is 37.3 Å². The van der Waals surface area contributed by atoms with E-state index < -0.39 is 0 Å². The first-order chi connectivity index (χ1) is 23.7. The van der Waals surface area contributed by atoms with Gasteiger partial charge in [0.15, 0.2) is 0 Å². The summed E-state index contributed by atoms with van der Waals surface area (Å²) < 4.78 is 11.3. The molecular weight excluding hydrogens is 590 g/mol. The number of rotatable bonds is 13. The van der Waals surface area contributed by atoms with Crippen LogP contribution in [0.15, 0.2) is 163 Å². The molecule has 0 aliphatic carbocycles. The minimum atomic E-state index is 0.625. The molecule has 6 aromatic rings. The standard InChI is InChI=1S/C43H39N3O2/c1-3-47-42-29-25-40(26-30-42)46(41-27-31-43(32-28-41)48-4-2)44-33-36-19-17-34(18-20-36)15-16-35-21-23-39(24-22-35)45(37-11-7-5-8-12-37)38-13-9-6-10-14-38/h5-33H,3-4H2,1-2H3/b16-15+,44-33+. The van der Waals surface area contributed by atoms with Gasteiger partial charge in [0, 0.05) is 17.1 Å². The van der Waals surface area contributed by atoms with Crippen LogP contribution in [-0.4, -0.2) is 19.4 Å². The first-order valence-electron chi connectivity index (χ1n) is 16.3. The van der Waals surface area contributed by atoms with Gasteiger partial charge in [-0.25, -0.2) is 5.01 Å². The molecule has 0 heterocycles. The molecule has 6 rings (SSSR count). The van der Waals surface area contributed by atoms with Crippen molar-refractivity contribution in [1.29, 1.82) is 0 Å². The Morgan fingerprint density at radius 1 is 0.438 bits per heavy atom. The van der Waals surface area contributed by atoms with Crippen LogP contribution >= 0.6 is 0 Å². The average molecular weight is 630 g/mol. The number of nitrogens with zero attached hydrogens (tertiary/aromatic N) is 3. The second-order valence-electron chi connectivity index (χ2n) is 11.0. The molecule has 238 valence electrons. The number of ether oxygens (including phenoxy) is 2. The lowest BCUT2D eigenvalue weighted by atomic mass is 10.1. The van der Waals surface area contributed by atoms with Crippen LogP contribution in [0.25, 0.3) is 12.2 Å². The molecule has 0 spiro atoms. The van der Waals surface area contributed by atoms with E-state index in [9.17, 15) is 0 Å².